The normalized spacial score (nSPS) is 10.4. The van der Waals surface area contributed by atoms with Crippen molar-refractivity contribution in [2.45, 2.75) is 6.54 Å². The van der Waals surface area contributed by atoms with Crippen molar-refractivity contribution < 1.29 is 9.90 Å². The largest absolute Gasteiger partial charge is 0.478 e. The van der Waals surface area contributed by atoms with Crippen LogP contribution in [-0.2, 0) is 6.54 Å². The zero-order chi connectivity index (χ0) is 14.0. The highest BCUT2D eigenvalue weighted by molar-refractivity contribution is 9.11. The minimum absolute atomic E-state index is 0.0725. The highest BCUT2D eigenvalue weighted by Gasteiger charge is 2.15. The number of nitrogen functional groups attached to an aromatic ring is 1. The van der Waals surface area contributed by atoms with Crippen molar-refractivity contribution in [3.05, 3.63) is 38.6 Å². The predicted molar refractivity (Wildman–Crippen MR) is 79.7 cm³/mol. The first-order chi connectivity index (χ1) is 8.99. The molecule has 2 rings (SSSR count). The number of carboxylic acid groups (broad SMARTS) is 1. The fraction of sp³-hybridized carbons (Fsp3) is 0.167. The van der Waals surface area contributed by atoms with E-state index in [1.165, 1.54) is 12.3 Å². The van der Waals surface area contributed by atoms with Crippen molar-refractivity contribution in [1.82, 2.24) is 4.98 Å². The molecule has 7 heteroatoms. The van der Waals surface area contributed by atoms with E-state index in [0.29, 0.717) is 12.4 Å². The molecule has 0 saturated carbocycles. The molecular weight excluding hydrogens is 330 g/mol. The molecule has 19 heavy (non-hydrogen) atoms. The molecule has 3 N–H and O–H groups in total. The second-order valence-corrected chi connectivity index (χ2v) is 6.31. The van der Waals surface area contributed by atoms with Crippen molar-refractivity contribution in [3.63, 3.8) is 0 Å². The van der Waals surface area contributed by atoms with Crippen molar-refractivity contribution in [3.8, 4) is 0 Å². The molecule has 0 aliphatic rings. The minimum atomic E-state index is -1.05. The summed E-state index contributed by atoms with van der Waals surface area (Å²) in [6.45, 7) is 0.613. The van der Waals surface area contributed by atoms with Gasteiger partial charge in [-0.15, -0.1) is 11.3 Å². The Morgan fingerprint density at radius 3 is 2.95 bits per heavy atom. The second kappa shape index (κ2) is 5.58. The van der Waals surface area contributed by atoms with Crippen LogP contribution in [-0.4, -0.2) is 23.1 Å². The molecule has 0 aliphatic heterocycles. The third-order valence-electron chi connectivity index (χ3n) is 2.60. The minimum Gasteiger partial charge on any atom is -0.478 e. The molecule has 0 bridgehead atoms. The number of hydrogen-bond donors (Lipinski definition) is 2. The van der Waals surface area contributed by atoms with E-state index in [1.807, 2.05) is 23.4 Å². The van der Waals surface area contributed by atoms with E-state index in [1.54, 1.807) is 11.3 Å². The first-order valence-electron chi connectivity index (χ1n) is 5.41. The Labute approximate surface area is 122 Å². The Hall–Kier alpha value is -1.60. The third kappa shape index (κ3) is 3.05. The second-order valence-electron chi connectivity index (χ2n) is 4.02. The van der Waals surface area contributed by atoms with Gasteiger partial charge in [-0.2, -0.15) is 0 Å². The van der Waals surface area contributed by atoms with Gasteiger partial charge in [0.15, 0.2) is 5.82 Å². The number of anilines is 2. The number of carbonyl (C=O) groups is 1. The predicted octanol–water partition coefficient (Wildman–Crippen LogP) is 2.82. The molecule has 0 amide bonds. The highest BCUT2D eigenvalue weighted by Crippen LogP contribution is 2.26. The zero-order valence-electron chi connectivity index (χ0n) is 10.1. The lowest BCUT2D eigenvalue weighted by atomic mass is 10.2. The quantitative estimate of drug-likeness (QED) is 0.893. The van der Waals surface area contributed by atoms with Crippen LogP contribution in [0.3, 0.4) is 0 Å². The number of thiophene rings is 1. The lowest BCUT2D eigenvalue weighted by Crippen LogP contribution is -2.20. The fourth-order valence-electron chi connectivity index (χ4n) is 1.73. The number of rotatable bonds is 4. The molecule has 0 atom stereocenters. The fourth-order valence-corrected chi connectivity index (χ4v) is 2.93. The summed E-state index contributed by atoms with van der Waals surface area (Å²) in [7, 11) is 1.83. The molecule has 0 saturated heterocycles. The van der Waals surface area contributed by atoms with Gasteiger partial charge < -0.3 is 15.7 Å². The summed E-state index contributed by atoms with van der Waals surface area (Å²) in [4.78, 5) is 17.0. The van der Waals surface area contributed by atoms with E-state index in [-0.39, 0.29) is 11.3 Å². The van der Waals surface area contributed by atoms with Gasteiger partial charge in [-0.1, -0.05) is 0 Å². The van der Waals surface area contributed by atoms with Crippen LogP contribution in [0.2, 0.25) is 0 Å². The van der Waals surface area contributed by atoms with Gasteiger partial charge in [0.25, 0.3) is 0 Å². The maximum absolute atomic E-state index is 11.0. The van der Waals surface area contributed by atoms with Gasteiger partial charge in [0.2, 0.25) is 0 Å². The number of nitrogens with two attached hydrogens (primary N) is 1. The molecule has 100 valence electrons. The van der Waals surface area contributed by atoms with Gasteiger partial charge in [-0.25, -0.2) is 9.78 Å². The van der Waals surface area contributed by atoms with E-state index in [0.717, 1.165) is 9.35 Å². The number of aromatic carboxylic acids is 1. The SMILES string of the molecule is CN(Cc1csc(Br)c1)c1nccc(C(=O)O)c1N. The van der Waals surface area contributed by atoms with Crippen LogP contribution in [0.25, 0.3) is 0 Å². The van der Waals surface area contributed by atoms with Crippen LogP contribution in [0.1, 0.15) is 15.9 Å². The molecule has 2 aromatic rings. The van der Waals surface area contributed by atoms with Crippen molar-refractivity contribution in [2.24, 2.45) is 0 Å². The van der Waals surface area contributed by atoms with E-state index >= 15 is 0 Å². The molecule has 0 spiro atoms. The van der Waals surface area contributed by atoms with E-state index in [9.17, 15) is 4.79 Å². The van der Waals surface area contributed by atoms with Crippen molar-refractivity contribution in [2.75, 3.05) is 17.7 Å². The third-order valence-corrected chi connectivity index (χ3v) is 4.16. The number of halogens is 1. The number of carboxylic acids is 1. The number of aromatic nitrogens is 1. The Morgan fingerprint density at radius 2 is 2.37 bits per heavy atom. The van der Waals surface area contributed by atoms with Crippen LogP contribution >= 0.6 is 27.3 Å². The van der Waals surface area contributed by atoms with Gasteiger partial charge in [-0.05, 0) is 39.0 Å². The van der Waals surface area contributed by atoms with Gasteiger partial charge in [0.05, 0.1) is 15.0 Å². The van der Waals surface area contributed by atoms with E-state index in [2.05, 4.69) is 20.9 Å². The Bertz CT molecular complexity index is 615. The number of pyridine rings is 1. The van der Waals surface area contributed by atoms with Crippen LogP contribution in [0, 0.1) is 0 Å². The van der Waals surface area contributed by atoms with Crippen molar-refractivity contribution in [1.29, 1.82) is 0 Å². The van der Waals surface area contributed by atoms with Crippen LogP contribution < -0.4 is 10.6 Å². The highest BCUT2D eigenvalue weighted by atomic mass is 79.9. The van der Waals surface area contributed by atoms with E-state index < -0.39 is 5.97 Å². The smallest absolute Gasteiger partial charge is 0.337 e. The summed E-state index contributed by atoms with van der Waals surface area (Å²) in [6, 6.07) is 3.41. The maximum Gasteiger partial charge on any atom is 0.337 e. The van der Waals surface area contributed by atoms with Crippen LogP contribution in [0.15, 0.2) is 27.5 Å². The summed E-state index contributed by atoms with van der Waals surface area (Å²) in [6.07, 6.45) is 1.45. The molecule has 0 fully saturated rings. The maximum atomic E-state index is 11.0. The molecule has 0 aliphatic carbocycles. The molecule has 0 aromatic carbocycles. The first kappa shape index (κ1) is 13.8. The van der Waals surface area contributed by atoms with Gasteiger partial charge in [-0.3, -0.25) is 0 Å². The summed E-state index contributed by atoms with van der Waals surface area (Å²) >= 11 is 5.00. The molecule has 2 heterocycles. The number of hydrogen-bond acceptors (Lipinski definition) is 5. The monoisotopic (exact) mass is 341 g/mol. The summed E-state index contributed by atoms with van der Waals surface area (Å²) < 4.78 is 1.05. The average molecular weight is 342 g/mol. The van der Waals surface area contributed by atoms with Crippen LogP contribution in [0.5, 0.6) is 0 Å². The standard InChI is InChI=1S/C12H12BrN3O2S/c1-16(5-7-4-9(13)19-6-7)11-10(14)8(12(17)18)2-3-15-11/h2-4,6H,5,14H2,1H3,(H,17,18). The molecule has 2 aromatic heterocycles. The van der Waals surface area contributed by atoms with E-state index in [4.69, 9.17) is 10.8 Å². The van der Waals surface area contributed by atoms with Crippen molar-refractivity contribution >= 4 is 44.7 Å². The Balaban J connectivity index is 2.26. The lowest BCUT2D eigenvalue weighted by Gasteiger charge is -2.19. The summed E-state index contributed by atoms with van der Waals surface area (Å²) in [5, 5.41) is 11.1. The topological polar surface area (TPSA) is 79.5 Å². The first-order valence-corrected chi connectivity index (χ1v) is 7.08. The summed E-state index contributed by atoms with van der Waals surface area (Å²) in [5.74, 6) is -0.574. The summed E-state index contributed by atoms with van der Waals surface area (Å²) in [5.41, 5.74) is 7.22. The Morgan fingerprint density at radius 1 is 1.63 bits per heavy atom. The lowest BCUT2D eigenvalue weighted by molar-refractivity contribution is 0.0698. The van der Waals surface area contributed by atoms with Gasteiger partial charge in [0, 0.05) is 19.8 Å². The zero-order valence-corrected chi connectivity index (χ0v) is 12.5. The molecular formula is C12H12BrN3O2S. The van der Waals surface area contributed by atoms with Gasteiger partial charge in [0.1, 0.15) is 0 Å². The van der Waals surface area contributed by atoms with Crippen LogP contribution in [0.4, 0.5) is 11.5 Å². The van der Waals surface area contributed by atoms with Gasteiger partial charge >= 0.3 is 5.97 Å². The Kier molecular flexibility index (Phi) is 4.06. The molecule has 5 nitrogen and oxygen atoms in total. The number of nitrogens with zero attached hydrogens (tertiary/aromatic N) is 2. The molecule has 0 unspecified atom stereocenters. The molecule has 0 radical (unpaired) electrons. The average Bonchev–Trinajstić information content (AvgIpc) is 2.74.